The van der Waals surface area contributed by atoms with Crippen LogP contribution in [0.4, 0.5) is 18.9 Å². The SMILES string of the molecule is Cc1cc(C(=O)N2CCN(c3ccc(C(=O)NCC(F)(F)F)cc3)CC2)ccc1-c1cncc(O)c1. The summed E-state index contributed by atoms with van der Waals surface area (Å²) < 4.78 is 36.9. The molecule has 3 aromatic rings. The van der Waals surface area contributed by atoms with Gasteiger partial charge in [0.15, 0.2) is 0 Å². The zero-order chi connectivity index (χ0) is 25.9. The predicted octanol–water partition coefficient (Wildman–Crippen LogP) is 4.02. The Balaban J connectivity index is 1.35. The fourth-order valence-corrected chi connectivity index (χ4v) is 4.15. The Labute approximate surface area is 206 Å². The van der Waals surface area contributed by atoms with Gasteiger partial charge in [-0.3, -0.25) is 14.6 Å². The van der Waals surface area contributed by atoms with Crippen LogP contribution in [0.1, 0.15) is 26.3 Å². The van der Waals surface area contributed by atoms with E-state index in [1.807, 2.05) is 24.4 Å². The summed E-state index contributed by atoms with van der Waals surface area (Å²) in [7, 11) is 0. The molecule has 0 spiro atoms. The molecule has 0 saturated carbocycles. The highest BCUT2D eigenvalue weighted by Gasteiger charge is 2.28. The number of carbonyl (C=O) groups excluding carboxylic acids is 2. The molecule has 0 atom stereocenters. The topological polar surface area (TPSA) is 85.8 Å². The van der Waals surface area contributed by atoms with Crippen LogP contribution in [0.5, 0.6) is 5.75 Å². The number of rotatable bonds is 5. The molecule has 10 heteroatoms. The Bertz CT molecular complexity index is 1250. The minimum Gasteiger partial charge on any atom is -0.506 e. The standard InChI is InChI=1S/C26H25F3N4O3/c1-17-12-19(4-7-23(17)20-13-22(34)15-30-14-20)25(36)33-10-8-32(9-11-33)21-5-2-18(3-6-21)24(35)31-16-26(27,28)29/h2-7,12-15,34H,8-11,16H2,1H3,(H,31,35). The van der Waals surface area contributed by atoms with E-state index in [9.17, 15) is 27.9 Å². The molecule has 0 radical (unpaired) electrons. The Kier molecular flexibility index (Phi) is 7.14. The first kappa shape index (κ1) is 25.0. The first-order chi connectivity index (χ1) is 17.1. The Hall–Kier alpha value is -4.08. The summed E-state index contributed by atoms with van der Waals surface area (Å²) in [6.45, 7) is 2.70. The molecule has 2 N–H and O–H groups in total. The summed E-state index contributed by atoms with van der Waals surface area (Å²) >= 11 is 0. The van der Waals surface area contributed by atoms with Crippen molar-refractivity contribution in [3.8, 4) is 16.9 Å². The van der Waals surface area contributed by atoms with Crippen molar-refractivity contribution < 1.29 is 27.9 Å². The van der Waals surface area contributed by atoms with Crippen LogP contribution in [0.25, 0.3) is 11.1 Å². The van der Waals surface area contributed by atoms with Crippen molar-refractivity contribution in [2.24, 2.45) is 0 Å². The van der Waals surface area contributed by atoms with Crippen molar-refractivity contribution in [1.82, 2.24) is 15.2 Å². The highest BCUT2D eigenvalue weighted by molar-refractivity contribution is 5.95. The third-order valence-corrected chi connectivity index (χ3v) is 6.02. The number of benzene rings is 2. The first-order valence-electron chi connectivity index (χ1n) is 11.3. The summed E-state index contributed by atoms with van der Waals surface area (Å²) in [5, 5.41) is 11.5. The van der Waals surface area contributed by atoms with Crippen molar-refractivity contribution in [2.75, 3.05) is 37.6 Å². The van der Waals surface area contributed by atoms with Crippen LogP contribution < -0.4 is 10.2 Å². The second kappa shape index (κ2) is 10.3. The summed E-state index contributed by atoms with van der Waals surface area (Å²) in [5.74, 6) is -0.782. The van der Waals surface area contributed by atoms with Crippen molar-refractivity contribution in [3.05, 3.63) is 77.6 Å². The molecule has 0 aliphatic carbocycles. The lowest BCUT2D eigenvalue weighted by molar-refractivity contribution is -0.123. The van der Waals surface area contributed by atoms with Gasteiger partial charge in [-0.15, -0.1) is 0 Å². The Morgan fingerprint density at radius 2 is 1.64 bits per heavy atom. The second-order valence-corrected chi connectivity index (χ2v) is 8.59. The van der Waals surface area contributed by atoms with E-state index in [2.05, 4.69) is 9.88 Å². The van der Waals surface area contributed by atoms with E-state index in [0.717, 1.165) is 22.4 Å². The van der Waals surface area contributed by atoms with E-state index < -0.39 is 18.6 Å². The number of hydrogen-bond acceptors (Lipinski definition) is 5. The van der Waals surface area contributed by atoms with Gasteiger partial charge < -0.3 is 20.2 Å². The number of halogens is 3. The molecular formula is C26H25F3N4O3. The number of hydrogen-bond donors (Lipinski definition) is 2. The van der Waals surface area contributed by atoms with Crippen LogP contribution in [0.3, 0.4) is 0 Å². The highest BCUT2D eigenvalue weighted by atomic mass is 19.4. The fourth-order valence-electron chi connectivity index (χ4n) is 4.15. The van der Waals surface area contributed by atoms with Gasteiger partial charge in [0.1, 0.15) is 12.3 Å². The Morgan fingerprint density at radius 3 is 2.25 bits per heavy atom. The van der Waals surface area contributed by atoms with Gasteiger partial charge in [0.2, 0.25) is 0 Å². The molecule has 1 aromatic heterocycles. The van der Waals surface area contributed by atoms with Crippen LogP contribution >= 0.6 is 0 Å². The molecule has 188 valence electrons. The molecule has 1 saturated heterocycles. The van der Waals surface area contributed by atoms with Gasteiger partial charge >= 0.3 is 6.18 Å². The number of nitrogens with zero attached hydrogens (tertiary/aromatic N) is 3. The summed E-state index contributed by atoms with van der Waals surface area (Å²) in [6.07, 6.45) is -1.44. The van der Waals surface area contributed by atoms with Crippen molar-refractivity contribution in [1.29, 1.82) is 0 Å². The number of anilines is 1. The van der Waals surface area contributed by atoms with Gasteiger partial charge in [0.05, 0.1) is 6.20 Å². The van der Waals surface area contributed by atoms with E-state index in [4.69, 9.17) is 0 Å². The number of nitrogens with one attached hydrogen (secondary N) is 1. The summed E-state index contributed by atoms with van der Waals surface area (Å²) in [4.78, 5) is 32.8. The number of aromatic hydroxyl groups is 1. The molecule has 0 unspecified atom stereocenters. The molecule has 36 heavy (non-hydrogen) atoms. The quantitative estimate of drug-likeness (QED) is 0.555. The molecular weight excluding hydrogens is 473 g/mol. The van der Waals surface area contributed by atoms with Crippen molar-refractivity contribution in [3.63, 3.8) is 0 Å². The van der Waals surface area contributed by atoms with Gasteiger partial charge in [-0.25, -0.2) is 0 Å². The summed E-state index contributed by atoms with van der Waals surface area (Å²) in [5.41, 5.74) is 4.10. The number of aromatic nitrogens is 1. The molecule has 2 amide bonds. The van der Waals surface area contributed by atoms with Gasteiger partial charge in [-0.05, 0) is 60.5 Å². The maximum absolute atomic E-state index is 13.1. The lowest BCUT2D eigenvalue weighted by Gasteiger charge is -2.36. The molecule has 1 aliphatic rings. The maximum Gasteiger partial charge on any atom is 0.405 e. The third-order valence-electron chi connectivity index (χ3n) is 6.02. The van der Waals surface area contributed by atoms with E-state index in [-0.39, 0.29) is 17.2 Å². The van der Waals surface area contributed by atoms with Crippen LogP contribution in [-0.4, -0.2) is 65.7 Å². The predicted molar refractivity (Wildman–Crippen MR) is 129 cm³/mol. The van der Waals surface area contributed by atoms with Gasteiger partial charge in [-0.1, -0.05) is 6.07 Å². The molecule has 7 nitrogen and oxygen atoms in total. The van der Waals surface area contributed by atoms with Crippen LogP contribution in [0.15, 0.2) is 60.9 Å². The zero-order valence-electron chi connectivity index (χ0n) is 19.5. The molecule has 0 bridgehead atoms. The van der Waals surface area contributed by atoms with Crippen LogP contribution in [0.2, 0.25) is 0 Å². The largest absolute Gasteiger partial charge is 0.506 e. The zero-order valence-corrected chi connectivity index (χ0v) is 19.5. The van der Waals surface area contributed by atoms with Gasteiger partial charge in [0.25, 0.3) is 11.8 Å². The summed E-state index contributed by atoms with van der Waals surface area (Å²) in [6, 6.07) is 13.4. The van der Waals surface area contributed by atoms with E-state index in [0.29, 0.717) is 31.7 Å². The van der Waals surface area contributed by atoms with E-state index in [1.54, 1.807) is 35.4 Å². The lowest BCUT2D eigenvalue weighted by Crippen LogP contribution is -2.48. The van der Waals surface area contributed by atoms with Crippen LogP contribution in [-0.2, 0) is 0 Å². The molecule has 4 rings (SSSR count). The number of piperazine rings is 1. The monoisotopic (exact) mass is 498 g/mol. The Morgan fingerprint density at radius 1 is 0.972 bits per heavy atom. The number of carbonyl (C=O) groups is 2. The van der Waals surface area contributed by atoms with E-state index >= 15 is 0 Å². The van der Waals surface area contributed by atoms with Gasteiger partial charge in [-0.2, -0.15) is 13.2 Å². The second-order valence-electron chi connectivity index (χ2n) is 8.59. The first-order valence-corrected chi connectivity index (χ1v) is 11.3. The van der Waals surface area contributed by atoms with Crippen molar-refractivity contribution >= 4 is 17.5 Å². The molecule has 2 aromatic carbocycles. The normalized spacial score (nSPS) is 14.0. The highest BCUT2D eigenvalue weighted by Crippen LogP contribution is 2.27. The average Bonchev–Trinajstić information content (AvgIpc) is 2.86. The van der Waals surface area contributed by atoms with Crippen molar-refractivity contribution in [2.45, 2.75) is 13.1 Å². The smallest absolute Gasteiger partial charge is 0.405 e. The number of pyridine rings is 1. The minimum absolute atomic E-state index is 0.0734. The van der Waals surface area contributed by atoms with E-state index in [1.165, 1.54) is 18.3 Å². The molecule has 1 aliphatic heterocycles. The lowest BCUT2D eigenvalue weighted by atomic mass is 9.99. The number of aryl methyl sites for hydroxylation is 1. The average molecular weight is 499 g/mol. The van der Waals surface area contributed by atoms with Crippen LogP contribution in [0, 0.1) is 6.92 Å². The maximum atomic E-state index is 13.1. The number of amides is 2. The molecule has 2 heterocycles. The minimum atomic E-state index is -4.46. The fraction of sp³-hybridized carbons (Fsp3) is 0.269. The number of alkyl halides is 3. The molecule has 1 fully saturated rings. The van der Waals surface area contributed by atoms with Gasteiger partial charge in [0, 0.05) is 54.8 Å². The third kappa shape index (κ3) is 5.94.